The quantitative estimate of drug-likeness (QED) is 0.470. The lowest BCUT2D eigenvalue weighted by atomic mass is 10.0. The van der Waals surface area contributed by atoms with Crippen molar-refractivity contribution in [1.29, 1.82) is 0 Å². The third-order valence-electron chi connectivity index (χ3n) is 3.43. The SMILES string of the molecule is CCCCCCCCCCC(=O)c1cccc(O)c1. The molecule has 1 rings (SSSR count). The van der Waals surface area contributed by atoms with Gasteiger partial charge in [-0.15, -0.1) is 0 Å². The minimum absolute atomic E-state index is 0.141. The molecule has 0 atom stereocenters. The summed E-state index contributed by atoms with van der Waals surface area (Å²) < 4.78 is 0. The van der Waals surface area contributed by atoms with Crippen molar-refractivity contribution < 1.29 is 9.90 Å². The molecular formula is C17H26O2. The summed E-state index contributed by atoms with van der Waals surface area (Å²) >= 11 is 0. The van der Waals surface area contributed by atoms with Gasteiger partial charge in [0.25, 0.3) is 0 Å². The first kappa shape index (κ1) is 15.7. The molecule has 0 bridgehead atoms. The average molecular weight is 262 g/mol. The second kappa shape index (κ2) is 9.60. The van der Waals surface area contributed by atoms with Crippen LogP contribution in [0.3, 0.4) is 0 Å². The van der Waals surface area contributed by atoms with Crippen LogP contribution in [-0.2, 0) is 0 Å². The Hall–Kier alpha value is -1.31. The summed E-state index contributed by atoms with van der Waals surface area (Å²) in [7, 11) is 0. The van der Waals surface area contributed by atoms with Gasteiger partial charge in [-0.05, 0) is 18.6 Å². The van der Waals surface area contributed by atoms with Gasteiger partial charge in [0.05, 0.1) is 0 Å². The van der Waals surface area contributed by atoms with Crippen molar-refractivity contribution in [3.8, 4) is 5.75 Å². The van der Waals surface area contributed by atoms with E-state index in [1.165, 1.54) is 38.5 Å². The molecule has 2 heteroatoms. The fraction of sp³-hybridized carbons (Fsp3) is 0.588. The van der Waals surface area contributed by atoms with Gasteiger partial charge in [0, 0.05) is 12.0 Å². The molecule has 1 aromatic rings. The zero-order chi connectivity index (χ0) is 13.9. The number of rotatable bonds is 10. The molecule has 0 heterocycles. The van der Waals surface area contributed by atoms with Crippen molar-refractivity contribution in [2.24, 2.45) is 0 Å². The zero-order valence-corrected chi connectivity index (χ0v) is 12.0. The summed E-state index contributed by atoms with van der Waals surface area (Å²) in [5, 5.41) is 9.32. The maximum absolute atomic E-state index is 11.9. The van der Waals surface area contributed by atoms with Crippen LogP contribution in [0.4, 0.5) is 0 Å². The molecule has 106 valence electrons. The lowest BCUT2D eigenvalue weighted by Gasteiger charge is -2.03. The zero-order valence-electron chi connectivity index (χ0n) is 12.0. The standard InChI is InChI=1S/C17H26O2/c1-2-3-4-5-6-7-8-9-13-17(19)15-11-10-12-16(18)14-15/h10-12,14,18H,2-9,13H2,1H3. The van der Waals surface area contributed by atoms with E-state index in [0.717, 1.165) is 12.8 Å². The Balaban J connectivity index is 2.08. The Morgan fingerprint density at radius 2 is 1.63 bits per heavy atom. The maximum atomic E-state index is 11.9. The third kappa shape index (κ3) is 7.00. The molecule has 2 nitrogen and oxygen atoms in total. The first-order chi connectivity index (χ1) is 9.24. The van der Waals surface area contributed by atoms with Gasteiger partial charge >= 0.3 is 0 Å². The predicted octanol–water partition coefficient (Wildman–Crippen LogP) is 5.11. The highest BCUT2D eigenvalue weighted by atomic mass is 16.3. The molecule has 0 spiro atoms. The van der Waals surface area contributed by atoms with E-state index in [2.05, 4.69) is 6.92 Å². The summed E-state index contributed by atoms with van der Waals surface area (Å²) in [5.74, 6) is 0.309. The molecular weight excluding hydrogens is 236 g/mol. The first-order valence-electron chi connectivity index (χ1n) is 7.56. The van der Waals surface area contributed by atoms with Crippen molar-refractivity contribution in [2.45, 2.75) is 64.7 Å². The van der Waals surface area contributed by atoms with Crippen molar-refractivity contribution in [3.05, 3.63) is 29.8 Å². The van der Waals surface area contributed by atoms with Gasteiger partial charge in [-0.1, -0.05) is 64.0 Å². The molecule has 1 aromatic carbocycles. The Morgan fingerprint density at radius 1 is 1.00 bits per heavy atom. The summed E-state index contributed by atoms with van der Waals surface area (Å²) in [6, 6.07) is 6.63. The molecule has 0 aliphatic heterocycles. The van der Waals surface area contributed by atoms with E-state index < -0.39 is 0 Å². The summed E-state index contributed by atoms with van der Waals surface area (Å²) in [6.07, 6.45) is 10.5. The fourth-order valence-electron chi connectivity index (χ4n) is 2.24. The smallest absolute Gasteiger partial charge is 0.163 e. The summed E-state index contributed by atoms with van der Waals surface area (Å²) in [4.78, 5) is 11.9. The minimum atomic E-state index is 0.141. The number of aromatic hydroxyl groups is 1. The van der Waals surface area contributed by atoms with Crippen molar-refractivity contribution in [2.75, 3.05) is 0 Å². The number of Topliss-reactive ketones (excluding diaryl/α,β-unsaturated/α-hetero) is 1. The van der Waals surface area contributed by atoms with Crippen LogP contribution in [0.5, 0.6) is 5.75 Å². The monoisotopic (exact) mass is 262 g/mol. The van der Waals surface area contributed by atoms with E-state index >= 15 is 0 Å². The molecule has 0 aliphatic rings. The molecule has 0 saturated heterocycles. The lowest BCUT2D eigenvalue weighted by molar-refractivity contribution is 0.0978. The molecule has 0 aromatic heterocycles. The maximum Gasteiger partial charge on any atom is 0.163 e. The molecule has 0 aliphatic carbocycles. The number of unbranched alkanes of at least 4 members (excludes halogenated alkanes) is 7. The highest BCUT2D eigenvalue weighted by Crippen LogP contribution is 2.15. The number of carbonyl (C=O) groups is 1. The second-order valence-electron chi connectivity index (χ2n) is 5.20. The number of hydrogen-bond acceptors (Lipinski definition) is 2. The van der Waals surface area contributed by atoms with Crippen LogP contribution in [-0.4, -0.2) is 10.9 Å². The van der Waals surface area contributed by atoms with E-state index in [-0.39, 0.29) is 11.5 Å². The average Bonchev–Trinajstić information content (AvgIpc) is 2.41. The predicted molar refractivity (Wildman–Crippen MR) is 79.7 cm³/mol. The number of benzene rings is 1. The molecule has 0 amide bonds. The lowest BCUT2D eigenvalue weighted by Crippen LogP contribution is -1.98. The van der Waals surface area contributed by atoms with Gasteiger partial charge in [-0.3, -0.25) is 4.79 Å². The largest absolute Gasteiger partial charge is 0.508 e. The van der Waals surface area contributed by atoms with Crippen LogP contribution in [0, 0.1) is 0 Å². The van der Waals surface area contributed by atoms with Crippen LogP contribution in [0.2, 0.25) is 0 Å². The molecule has 0 fully saturated rings. The van der Waals surface area contributed by atoms with Gasteiger partial charge in [-0.25, -0.2) is 0 Å². The van der Waals surface area contributed by atoms with Gasteiger partial charge in [0.2, 0.25) is 0 Å². The van der Waals surface area contributed by atoms with Crippen LogP contribution >= 0.6 is 0 Å². The van der Waals surface area contributed by atoms with Gasteiger partial charge < -0.3 is 5.11 Å². The highest BCUT2D eigenvalue weighted by molar-refractivity contribution is 5.96. The second-order valence-corrected chi connectivity index (χ2v) is 5.20. The number of phenolic OH excluding ortho intramolecular Hbond substituents is 1. The van der Waals surface area contributed by atoms with Crippen molar-refractivity contribution >= 4 is 5.78 Å². The normalized spacial score (nSPS) is 10.6. The number of hydrogen-bond donors (Lipinski definition) is 1. The molecule has 19 heavy (non-hydrogen) atoms. The van der Waals surface area contributed by atoms with Gasteiger partial charge in [0.1, 0.15) is 5.75 Å². The van der Waals surface area contributed by atoms with Crippen LogP contribution in [0.25, 0.3) is 0 Å². The van der Waals surface area contributed by atoms with Gasteiger partial charge in [-0.2, -0.15) is 0 Å². The van der Waals surface area contributed by atoms with Crippen LogP contribution < -0.4 is 0 Å². The van der Waals surface area contributed by atoms with E-state index in [4.69, 9.17) is 0 Å². The Bertz CT molecular complexity index is 371. The highest BCUT2D eigenvalue weighted by Gasteiger charge is 2.05. The molecule has 1 N–H and O–H groups in total. The Morgan fingerprint density at radius 3 is 2.26 bits per heavy atom. The number of ketones is 1. The number of phenols is 1. The topological polar surface area (TPSA) is 37.3 Å². The first-order valence-corrected chi connectivity index (χ1v) is 7.56. The Labute approximate surface area is 116 Å². The third-order valence-corrected chi connectivity index (χ3v) is 3.43. The summed E-state index contributed by atoms with van der Waals surface area (Å²) in [6.45, 7) is 2.23. The van der Waals surface area contributed by atoms with E-state index in [0.29, 0.717) is 12.0 Å². The Kier molecular flexibility index (Phi) is 7.95. The van der Waals surface area contributed by atoms with Crippen molar-refractivity contribution in [3.63, 3.8) is 0 Å². The summed E-state index contributed by atoms with van der Waals surface area (Å²) in [5.41, 5.74) is 0.628. The van der Waals surface area contributed by atoms with E-state index in [1.807, 2.05) is 0 Å². The molecule has 0 unspecified atom stereocenters. The van der Waals surface area contributed by atoms with Crippen LogP contribution in [0.1, 0.15) is 75.1 Å². The fourth-order valence-corrected chi connectivity index (χ4v) is 2.24. The van der Waals surface area contributed by atoms with Crippen molar-refractivity contribution in [1.82, 2.24) is 0 Å². The van der Waals surface area contributed by atoms with E-state index in [9.17, 15) is 9.90 Å². The minimum Gasteiger partial charge on any atom is -0.508 e. The molecule has 0 radical (unpaired) electrons. The van der Waals surface area contributed by atoms with Gasteiger partial charge in [0.15, 0.2) is 5.78 Å². The van der Waals surface area contributed by atoms with E-state index in [1.54, 1.807) is 24.3 Å². The molecule has 0 saturated carbocycles. The number of carbonyl (C=O) groups excluding carboxylic acids is 1. The van der Waals surface area contributed by atoms with Crippen LogP contribution in [0.15, 0.2) is 24.3 Å².